The van der Waals surface area contributed by atoms with E-state index < -0.39 is 0 Å². The van der Waals surface area contributed by atoms with Gasteiger partial charge in [-0.2, -0.15) is 15.1 Å². The van der Waals surface area contributed by atoms with E-state index >= 15 is 0 Å². The van der Waals surface area contributed by atoms with Gasteiger partial charge in [0.25, 0.3) is 0 Å². The Hall–Kier alpha value is -3.97. The molecule has 0 amide bonds. The molecule has 2 aromatic carbocycles. The number of methoxy groups -OCH3 is 3. The maximum atomic E-state index is 8.89. The van der Waals surface area contributed by atoms with E-state index in [-0.39, 0.29) is 0 Å². The van der Waals surface area contributed by atoms with Crippen LogP contribution in [0.5, 0.6) is 23.0 Å². The zero-order chi connectivity index (χ0) is 28.3. The number of benzene rings is 2. The Morgan fingerprint density at radius 3 is 2.20 bits per heavy atom. The lowest BCUT2D eigenvalue weighted by Gasteiger charge is -2.22. The number of nitriles is 2. The third kappa shape index (κ3) is 6.42. The first kappa shape index (κ1) is 29.0. The highest BCUT2D eigenvalue weighted by atomic mass is 16.5. The molecule has 0 saturated heterocycles. The molecule has 4 rings (SSSR count). The summed E-state index contributed by atoms with van der Waals surface area (Å²) in [6.45, 7) is 1.46. The largest absolute Gasteiger partial charge is 0.493 e. The van der Waals surface area contributed by atoms with Crippen LogP contribution in [0, 0.1) is 22.7 Å². The zero-order valence-corrected chi connectivity index (χ0v) is 24.1. The van der Waals surface area contributed by atoms with E-state index in [1.54, 1.807) is 21.3 Å². The summed E-state index contributed by atoms with van der Waals surface area (Å²) < 4.78 is 25.8. The molecule has 1 aromatic heterocycles. The topological polar surface area (TPSA) is 88.4 Å². The van der Waals surface area contributed by atoms with Crippen molar-refractivity contribution in [1.29, 1.82) is 10.5 Å². The number of aromatic nitrogens is 1. The number of nitrogens with zero attached hydrogens (tertiary/aromatic N) is 3. The summed E-state index contributed by atoms with van der Waals surface area (Å²) in [5.74, 6) is 3.00. The highest BCUT2D eigenvalue weighted by Crippen LogP contribution is 2.43. The van der Waals surface area contributed by atoms with Crippen molar-refractivity contribution < 1.29 is 23.5 Å². The second-order valence-electron chi connectivity index (χ2n) is 10.2. The van der Waals surface area contributed by atoms with Crippen LogP contribution in [0.4, 0.5) is 0 Å². The predicted molar refractivity (Wildman–Crippen MR) is 155 cm³/mol. The lowest BCUT2D eigenvalue weighted by molar-refractivity contribution is -0.686. The average molecular weight is 543 g/mol. The minimum absolute atomic E-state index is 0.592. The summed E-state index contributed by atoms with van der Waals surface area (Å²) in [7, 11) is 5.06. The van der Waals surface area contributed by atoms with Gasteiger partial charge in [-0.3, -0.25) is 0 Å². The Bertz CT molecular complexity index is 1400. The number of aryl methyl sites for hydroxylation is 3. The highest BCUT2D eigenvalue weighted by molar-refractivity contribution is 5.95. The van der Waals surface area contributed by atoms with Crippen molar-refractivity contribution in [2.24, 2.45) is 0 Å². The predicted octanol–water partition coefficient (Wildman–Crippen LogP) is 6.86. The molecule has 7 heteroatoms. The second-order valence-corrected chi connectivity index (χ2v) is 10.2. The number of hydrogen-bond donors (Lipinski definition) is 0. The molecule has 1 aliphatic heterocycles. The molecular formula is C33H40N3O4+. The Morgan fingerprint density at radius 2 is 1.50 bits per heavy atom. The molecule has 0 fully saturated rings. The first-order valence-corrected chi connectivity index (χ1v) is 14.3. The number of unbranched alkanes of at least 4 members (excludes halogenated alkanes) is 7. The minimum atomic E-state index is 0.592. The first-order valence-electron chi connectivity index (χ1n) is 14.3. The quantitative estimate of drug-likeness (QED) is 0.154. The third-order valence-electron chi connectivity index (χ3n) is 7.69. The van der Waals surface area contributed by atoms with Crippen LogP contribution >= 0.6 is 0 Å². The van der Waals surface area contributed by atoms with Gasteiger partial charge in [-0.15, -0.1) is 0 Å². The van der Waals surface area contributed by atoms with Gasteiger partial charge >= 0.3 is 0 Å². The lowest BCUT2D eigenvalue weighted by Crippen LogP contribution is -2.41. The number of pyridine rings is 1. The van der Waals surface area contributed by atoms with Crippen molar-refractivity contribution in [3.8, 4) is 46.4 Å². The molecule has 0 spiro atoms. The molecule has 0 unspecified atom stereocenters. The molecule has 0 N–H and O–H groups in total. The van der Waals surface area contributed by atoms with Crippen LogP contribution in [0.2, 0.25) is 0 Å². The molecule has 2 heterocycles. The van der Waals surface area contributed by atoms with Gasteiger partial charge in [0.15, 0.2) is 35.7 Å². The molecule has 210 valence electrons. The fourth-order valence-electron chi connectivity index (χ4n) is 5.68. The Morgan fingerprint density at radius 1 is 0.775 bits per heavy atom. The number of ether oxygens (including phenoxy) is 4. The maximum Gasteiger partial charge on any atom is 0.216 e. The first-order chi connectivity index (χ1) is 19.7. The smallest absolute Gasteiger partial charge is 0.216 e. The molecule has 3 aromatic rings. The number of hydrogen-bond acceptors (Lipinski definition) is 6. The lowest BCUT2D eigenvalue weighted by atomic mass is 9.89. The monoisotopic (exact) mass is 542 g/mol. The van der Waals surface area contributed by atoms with E-state index in [9.17, 15) is 0 Å². The number of rotatable bonds is 15. The van der Waals surface area contributed by atoms with Crippen LogP contribution in [0.25, 0.3) is 22.0 Å². The molecule has 0 atom stereocenters. The molecular weight excluding hydrogens is 502 g/mol. The fraction of sp³-hybridized carbons (Fsp3) is 0.485. The van der Waals surface area contributed by atoms with Crippen molar-refractivity contribution in [3.05, 3.63) is 41.6 Å². The van der Waals surface area contributed by atoms with Gasteiger partial charge in [0.1, 0.15) is 0 Å². The molecule has 1 aliphatic rings. The van der Waals surface area contributed by atoms with Crippen molar-refractivity contribution >= 4 is 10.8 Å². The molecule has 0 saturated carbocycles. The van der Waals surface area contributed by atoms with Gasteiger partial charge in [-0.05, 0) is 68.4 Å². The highest BCUT2D eigenvalue weighted by Gasteiger charge is 2.31. The van der Waals surface area contributed by atoms with E-state index in [1.807, 2.05) is 6.07 Å². The van der Waals surface area contributed by atoms with Gasteiger partial charge in [-0.25, -0.2) is 0 Å². The third-order valence-corrected chi connectivity index (χ3v) is 7.69. The summed E-state index contributed by atoms with van der Waals surface area (Å²) >= 11 is 0. The molecule has 40 heavy (non-hydrogen) atoms. The summed E-state index contributed by atoms with van der Waals surface area (Å²) in [4.78, 5) is 0. The Balaban J connectivity index is 1.73. The van der Waals surface area contributed by atoms with Crippen LogP contribution < -0.4 is 23.5 Å². The van der Waals surface area contributed by atoms with E-state index in [1.165, 1.54) is 27.8 Å². The molecule has 0 bridgehead atoms. The number of fused-ring (bicyclic) bond motifs is 4. The maximum absolute atomic E-state index is 8.89. The molecule has 0 radical (unpaired) electrons. The van der Waals surface area contributed by atoms with Crippen LogP contribution in [0.15, 0.2) is 30.5 Å². The fourth-order valence-corrected chi connectivity index (χ4v) is 5.68. The second kappa shape index (κ2) is 14.4. The Kier molecular flexibility index (Phi) is 10.5. The van der Waals surface area contributed by atoms with Gasteiger partial charge in [0.2, 0.25) is 5.69 Å². The van der Waals surface area contributed by atoms with Gasteiger partial charge in [-0.1, -0.05) is 12.8 Å². The van der Waals surface area contributed by atoms with Gasteiger partial charge in [0, 0.05) is 30.2 Å². The van der Waals surface area contributed by atoms with Crippen molar-refractivity contribution in [2.75, 3.05) is 27.9 Å². The van der Waals surface area contributed by atoms with Crippen LogP contribution in [0.3, 0.4) is 0 Å². The Labute approximate surface area is 237 Å². The van der Waals surface area contributed by atoms with Crippen LogP contribution in [0.1, 0.15) is 68.9 Å². The van der Waals surface area contributed by atoms with Gasteiger partial charge in [0.05, 0.1) is 51.0 Å². The van der Waals surface area contributed by atoms with E-state index in [0.717, 1.165) is 92.7 Å². The van der Waals surface area contributed by atoms with Crippen LogP contribution in [-0.2, 0) is 19.4 Å². The summed E-state index contributed by atoms with van der Waals surface area (Å²) in [5, 5.41) is 19.9. The minimum Gasteiger partial charge on any atom is -0.493 e. The van der Waals surface area contributed by atoms with Crippen molar-refractivity contribution in [1.82, 2.24) is 0 Å². The van der Waals surface area contributed by atoms with E-state index in [2.05, 4.69) is 41.1 Å². The SMILES string of the molecule is COc1cc2c(cc1OCCCCCC#N)CC[n+]1cc3c(OC)c(OC)ccc3c(CCCCCCC#N)c1-2. The van der Waals surface area contributed by atoms with Crippen LogP contribution in [-0.4, -0.2) is 27.9 Å². The summed E-state index contributed by atoms with van der Waals surface area (Å²) in [5.41, 5.74) is 4.96. The zero-order valence-electron chi connectivity index (χ0n) is 24.1. The molecule has 0 aliphatic carbocycles. The van der Waals surface area contributed by atoms with Crippen molar-refractivity contribution in [3.63, 3.8) is 0 Å². The summed E-state index contributed by atoms with van der Waals surface area (Å²) in [6, 6.07) is 12.9. The average Bonchev–Trinajstić information content (AvgIpc) is 2.98. The van der Waals surface area contributed by atoms with Crippen molar-refractivity contribution in [2.45, 2.75) is 77.2 Å². The van der Waals surface area contributed by atoms with E-state index in [4.69, 9.17) is 29.5 Å². The van der Waals surface area contributed by atoms with Gasteiger partial charge < -0.3 is 18.9 Å². The standard InChI is InChI=1S/C33H40N3O4/c1-37-29-15-14-25-26(13-9-5-4-6-10-17-34)32-27-22-30(38-2)31(40-20-12-8-7-11-18-35)21-24(27)16-19-36(32)23-28(25)33(29)39-3/h14-15,21-23H,4-13,16,19-20H2,1-3H3/q+1. The molecule has 7 nitrogen and oxygen atoms in total. The van der Waals surface area contributed by atoms with E-state index in [0.29, 0.717) is 19.4 Å². The summed E-state index contributed by atoms with van der Waals surface area (Å²) in [6.07, 6.45) is 12.2. The normalized spacial score (nSPS) is 11.7.